The first-order valence-electron chi connectivity index (χ1n) is 12.3. The Hall–Kier alpha value is -3.99. The van der Waals surface area contributed by atoms with E-state index in [2.05, 4.69) is 15.0 Å². The van der Waals surface area contributed by atoms with Crippen molar-refractivity contribution in [1.29, 1.82) is 0 Å². The van der Waals surface area contributed by atoms with Crippen molar-refractivity contribution in [3.05, 3.63) is 65.5 Å². The first-order valence-corrected chi connectivity index (χ1v) is 12.3. The van der Waals surface area contributed by atoms with Crippen molar-refractivity contribution in [3.63, 3.8) is 0 Å². The Morgan fingerprint density at radius 2 is 1.82 bits per heavy atom. The summed E-state index contributed by atoms with van der Waals surface area (Å²) in [5.74, 6) is -1.67. The van der Waals surface area contributed by atoms with Gasteiger partial charge in [-0.1, -0.05) is 18.6 Å². The molecule has 2 aromatic heterocycles. The maximum atomic E-state index is 14.3. The van der Waals surface area contributed by atoms with Gasteiger partial charge in [0.15, 0.2) is 5.65 Å². The van der Waals surface area contributed by atoms with E-state index in [1.54, 1.807) is 25.3 Å². The highest BCUT2D eigenvalue weighted by Gasteiger charge is 2.38. The van der Waals surface area contributed by atoms with E-state index < -0.39 is 23.5 Å². The number of H-pyrrole nitrogens is 1. The monoisotopic (exact) mass is 542 g/mol. The maximum absolute atomic E-state index is 14.3. The minimum atomic E-state index is -4.72. The van der Waals surface area contributed by atoms with Gasteiger partial charge in [0.2, 0.25) is 0 Å². The van der Waals surface area contributed by atoms with Crippen LogP contribution in [0.15, 0.2) is 48.5 Å². The first-order chi connectivity index (χ1) is 18.5. The fourth-order valence-electron chi connectivity index (χ4n) is 5.15. The second-order valence-corrected chi connectivity index (χ2v) is 10.1. The Balaban J connectivity index is 1.64. The van der Waals surface area contributed by atoms with Crippen LogP contribution < -0.4 is 4.90 Å². The summed E-state index contributed by atoms with van der Waals surface area (Å²) in [5, 5.41) is 9.20. The third-order valence-corrected chi connectivity index (χ3v) is 7.22. The minimum absolute atomic E-state index is 0.0236. The summed E-state index contributed by atoms with van der Waals surface area (Å²) in [6, 6.07) is 10.1. The number of hydrogen-bond acceptors (Lipinski definition) is 5. The number of anilines is 1. The van der Waals surface area contributed by atoms with E-state index in [0.717, 1.165) is 31.4 Å². The molecule has 1 aliphatic carbocycles. The van der Waals surface area contributed by atoms with E-state index in [1.807, 2.05) is 11.9 Å². The van der Waals surface area contributed by atoms with Crippen LogP contribution in [0.4, 0.5) is 23.2 Å². The van der Waals surface area contributed by atoms with Crippen molar-refractivity contribution in [1.82, 2.24) is 15.0 Å². The van der Waals surface area contributed by atoms with E-state index >= 15 is 0 Å². The summed E-state index contributed by atoms with van der Waals surface area (Å²) in [5.41, 5.74) is 1.10. The summed E-state index contributed by atoms with van der Waals surface area (Å²) >= 11 is 0. The molecule has 0 bridgehead atoms. The zero-order valence-electron chi connectivity index (χ0n) is 21.3. The Labute approximate surface area is 221 Å². The Kier molecular flexibility index (Phi) is 6.79. The molecule has 1 aliphatic rings. The lowest BCUT2D eigenvalue weighted by atomic mass is 9.69. The molecule has 5 rings (SSSR count). The Bertz CT molecular complexity index is 1530. The highest BCUT2D eigenvalue weighted by atomic mass is 19.4. The van der Waals surface area contributed by atoms with E-state index in [1.165, 1.54) is 12.1 Å². The molecule has 0 radical (unpaired) electrons. The molecule has 1 fully saturated rings. The average Bonchev–Trinajstić information content (AvgIpc) is 3.30. The van der Waals surface area contributed by atoms with Gasteiger partial charge in [-0.2, -0.15) is 13.2 Å². The van der Waals surface area contributed by atoms with Crippen LogP contribution in [0.3, 0.4) is 0 Å². The number of aromatic nitrogens is 3. The molecular formula is C28H26F4N4O3. The van der Waals surface area contributed by atoms with Gasteiger partial charge in [-0.25, -0.2) is 19.2 Å². The predicted octanol–water partition coefficient (Wildman–Crippen LogP) is 6.40. The smallest absolute Gasteiger partial charge is 0.416 e. The molecule has 39 heavy (non-hydrogen) atoms. The van der Waals surface area contributed by atoms with Gasteiger partial charge in [-0.05, 0) is 49.2 Å². The molecule has 4 aromatic rings. The van der Waals surface area contributed by atoms with Crippen molar-refractivity contribution in [3.8, 4) is 22.6 Å². The van der Waals surface area contributed by atoms with Gasteiger partial charge in [-0.15, -0.1) is 0 Å². The molecule has 1 saturated carbocycles. The highest BCUT2D eigenvalue weighted by molar-refractivity contribution is 5.92. The number of rotatable bonds is 8. The number of carbonyl (C=O) groups is 1. The standard InChI is InChI=1S/C28H26F4N4O3/c1-36(14-27(15-39-2)8-3-9-27)22-13-21(18-10-19(28(30,31)32)12-20(29)11-18)33-25-23(22)34-24(35-25)16-4-6-17(7-5-16)26(37)38/h4-7,10-13H,3,8-9,14-15H2,1-2H3,(H,37,38)(H,33,34,35). The van der Waals surface area contributed by atoms with Crippen LogP contribution in [0.2, 0.25) is 0 Å². The van der Waals surface area contributed by atoms with Gasteiger partial charge in [0, 0.05) is 37.2 Å². The minimum Gasteiger partial charge on any atom is -0.478 e. The summed E-state index contributed by atoms with van der Waals surface area (Å²) in [4.78, 5) is 25.5. The van der Waals surface area contributed by atoms with Crippen LogP contribution in [-0.2, 0) is 10.9 Å². The molecule has 0 spiro atoms. The maximum Gasteiger partial charge on any atom is 0.416 e. The van der Waals surface area contributed by atoms with Crippen molar-refractivity contribution in [2.75, 3.05) is 32.2 Å². The third kappa shape index (κ3) is 5.31. The highest BCUT2D eigenvalue weighted by Crippen LogP contribution is 2.43. The normalized spacial score (nSPS) is 14.8. The molecule has 0 aliphatic heterocycles. The number of aromatic carboxylic acids is 1. The van der Waals surface area contributed by atoms with E-state index in [4.69, 9.17) is 4.74 Å². The number of pyridine rings is 1. The first kappa shape index (κ1) is 26.6. The SMILES string of the molecule is COCC1(CN(C)c2cc(-c3cc(F)cc(C(F)(F)F)c3)nc3nc(-c4ccc(C(=O)O)cc4)[nH]c23)CCC1. The number of hydrogen-bond donors (Lipinski definition) is 2. The lowest BCUT2D eigenvalue weighted by Gasteiger charge is -2.44. The van der Waals surface area contributed by atoms with Crippen molar-refractivity contribution in [2.24, 2.45) is 5.41 Å². The van der Waals surface area contributed by atoms with Crippen molar-refractivity contribution in [2.45, 2.75) is 25.4 Å². The second kappa shape index (κ2) is 9.96. The van der Waals surface area contributed by atoms with Gasteiger partial charge in [0.1, 0.15) is 17.2 Å². The molecular weight excluding hydrogens is 516 g/mol. The van der Waals surface area contributed by atoms with Gasteiger partial charge in [0.25, 0.3) is 0 Å². The lowest BCUT2D eigenvalue weighted by Crippen LogP contribution is -2.44. The number of aromatic amines is 1. The van der Waals surface area contributed by atoms with Crippen LogP contribution in [-0.4, -0.2) is 53.3 Å². The quantitative estimate of drug-likeness (QED) is 0.251. The van der Waals surface area contributed by atoms with Crippen LogP contribution in [0.5, 0.6) is 0 Å². The molecule has 2 aromatic carbocycles. The largest absolute Gasteiger partial charge is 0.478 e. The van der Waals surface area contributed by atoms with E-state index in [9.17, 15) is 27.5 Å². The molecule has 2 heterocycles. The topological polar surface area (TPSA) is 91.3 Å². The van der Waals surface area contributed by atoms with E-state index in [-0.39, 0.29) is 27.9 Å². The number of fused-ring (bicyclic) bond motifs is 1. The molecule has 0 unspecified atom stereocenters. The van der Waals surface area contributed by atoms with Crippen LogP contribution in [0.1, 0.15) is 35.2 Å². The molecule has 0 atom stereocenters. The predicted molar refractivity (Wildman–Crippen MR) is 138 cm³/mol. The van der Waals surface area contributed by atoms with Gasteiger partial charge >= 0.3 is 12.1 Å². The third-order valence-electron chi connectivity index (χ3n) is 7.22. The zero-order chi connectivity index (χ0) is 27.9. The van der Waals surface area contributed by atoms with E-state index in [0.29, 0.717) is 41.8 Å². The fourth-order valence-corrected chi connectivity index (χ4v) is 5.15. The summed E-state index contributed by atoms with van der Waals surface area (Å²) in [7, 11) is 3.53. The molecule has 11 heteroatoms. The molecule has 7 nitrogen and oxygen atoms in total. The number of carboxylic acids is 1. The number of nitrogens with zero attached hydrogens (tertiary/aromatic N) is 3. The number of ether oxygens (including phenoxy) is 1. The number of nitrogens with one attached hydrogen (secondary N) is 1. The molecule has 0 saturated heterocycles. The van der Waals surface area contributed by atoms with Gasteiger partial charge in [-0.3, -0.25) is 0 Å². The van der Waals surface area contributed by atoms with Gasteiger partial charge in [0.05, 0.1) is 29.1 Å². The lowest BCUT2D eigenvalue weighted by molar-refractivity contribution is -0.137. The zero-order valence-corrected chi connectivity index (χ0v) is 21.3. The van der Waals surface area contributed by atoms with Crippen molar-refractivity contribution < 1.29 is 32.2 Å². The van der Waals surface area contributed by atoms with Gasteiger partial charge < -0.3 is 19.7 Å². The number of imidazole rings is 1. The van der Waals surface area contributed by atoms with Crippen LogP contribution in [0, 0.1) is 11.2 Å². The van der Waals surface area contributed by atoms with Crippen LogP contribution in [0.25, 0.3) is 33.8 Å². The van der Waals surface area contributed by atoms with Crippen LogP contribution >= 0.6 is 0 Å². The number of benzene rings is 2. The Morgan fingerprint density at radius 1 is 1.10 bits per heavy atom. The fraction of sp³-hybridized carbons (Fsp3) is 0.321. The number of carboxylic acid groups (broad SMARTS) is 1. The number of halogens is 4. The summed E-state index contributed by atoms with van der Waals surface area (Å²) in [6.07, 6.45) is -1.68. The average molecular weight is 543 g/mol. The summed E-state index contributed by atoms with van der Waals surface area (Å²) < 4.78 is 60.0. The van der Waals surface area contributed by atoms with Crippen molar-refractivity contribution >= 4 is 22.8 Å². The molecule has 204 valence electrons. The Morgan fingerprint density at radius 3 is 2.41 bits per heavy atom. The summed E-state index contributed by atoms with van der Waals surface area (Å²) in [6.45, 7) is 1.19. The molecule has 2 N–H and O–H groups in total. The number of methoxy groups -OCH3 is 1. The molecule has 0 amide bonds. The number of alkyl halides is 3. The second-order valence-electron chi connectivity index (χ2n) is 10.1.